The number of rotatable bonds is 4. The molecule has 62 valence electrons. The lowest BCUT2D eigenvalue weighted by Crippen LogP contribution is -2.37. The highest BCUT2D eigenvalue weighted by molar-refractivity contribution is 4.69. The van der Waals surface area contributed by atoms with Crippen LogP contribution in [0.1, 0.15) is 20.8 Å². The highest BCUT2D eigenvalue weighted by atomic mass is 16.5. The molecule has 10 heavy (non-hydrogen) atoms. The van der Waals surface area contributed by atoms with Gasteiger partial charge in [0.2, 0.25) is 0 Å². The minimum Gasteiger partial charge on any atom is -0.373 e. The third-order valence-corrected chi connectivity index (χ3v) is 1.23. The lowest BCUT2D eigenvalue weighted by atomic mass is 10.1. The molecule has 0 aromatic carbocycles. The van der Waals surface area contributed by atoms with Crippen LogP contribution < -0.4 is 11.5 Å². The summed E-state index contributed by atoms with van der Waals surface area (Å²) in [7, 11) is 0. The predicted octanol–water partition coefficient (Wildman–Crippen LogP) is 0.0875. The zero-order valence-corrected chi connectivity index (χ0v) is 7.05. The average Bonchev–Trinajstić information content (AvgIpc) is 1.85. The molecule has 1 unspecified atom stereocenters. The highest BCUT2D eigenvalue weighted by Crippen LogP contribution is 2.05. The van der Waals surface area contributed by atoms with Crippen molar-refractivity contribution in [2.24, 2.45) is 11.5 Å². The molecule has 0 rings (SSSR count). The highest BCUT2D eigenvalue weighted by Gasteiger charge is 2.15. The topological polar surface area (TPSA) is 61.3 Å². The summed E-state index contributed by atoms with van der Waals surface area (Å²) in [4.78, 5) is 0. The van der Waals surface area contributed by atoms with E-state index in [1.165, 1.54) is 0 Å². The first-order valence-electron chi connectivity index (χ1n) is 3.57. The van der Waals surface area contributed by atoms with Gasteiger partial charge in [-0.2, -0.15) is 0 Å². The third-order valence-electron chi connectivity index (χ3n) is 1.23. The Hall–Kier alpha value is -0.120. The molecular formula is C7H18N2O. The zero-order chi connectivity index (χ0) is 8.20. The van der Waals surface area contributed by atoms with E-state index < -0.39 is 0 Å². The summed E-state index contributed by atoms with van der Waals surface area (Å²) in [6.45, 7) is 6.92. The van der Waals surface area contributed by atoms with Crippen LogP contribution in [0.3, 0.4) is 0 Å². The lowest BCUT2D eigenvalue weighted by molar-refractivity contribution is -0.0152. The standard InChI is InChI=1S/C7H18N2O/c1-6(9)4-10-7(2,3)5-8/h6H,4-5,8-9H2,1-3H3. The van der Waals surface area contributed by atoms with Crippen molar-refractivity contribution in [1.82, 2.24) is 0 Å². The van der Waals surface area contributed by atoms with Gasteiger partial charge in [0.05, 0.1) is 12.2 Å². The van der Waals surface area contributed by atoms with Crippen molar-refractivity contribution in [3.05, 3.63) is 0 Å². The fraction of sp³-hybridized carbons (Fsp3) is 1.00. The van der Waals surface area contributed by atoms with Crippen molar-refractivity contribution >= 4 is 0 Å². The molecule has 0 aromatic heterocycles. The summed E-state index contributed by atoms with van der Waals surface area (Å²) in [5.41, 5.74) is 10.7. The molecule has 0 aliphatic heterocycles. The van der Waals surface area contributed by atoms with E-state index in [1.807, 2.05) is 20.8 Å². The average molecular weight is 146 g/mol. The molecule has 0 bridgehead atoms. The monoisotopic (exact) mass is 146 g/mol. The minimum atomic E-state index is -0.229. The van der Waals surface area contributed by atoms with Crippen molar-refractivity contribution in [3.8, 4) is 0 Å². The summed E-state index contributed by atoms with van der Waals surface area (Å²) in [5, 5.41) is 0. The molecule has 3 heteroatoms. The second-order valence-electron chi connectivity index (χ2n) is 3.25. The number of nitrogens with two attached hydrogens (primary N) is 2. The molecule has 0 radical (unpaired) electrons. The van der Waals surface area contributed by atoms with E-state index in [0.29, 0.717) is 13.2 Å². The van der Waals surface area contributed by atoms with E-state index in [4.69, 9.17) is 16.2 Å². The summed E-state index contributed by atoms with van der Waals surface area (Å²) in [6.07, 6.45) is 0. The molecule has 4 N–H and O–H groups in total. The first-order chi connectivity index (χ1) is 4.48. The molecule has 3 nitrogen and oxygen atoms in total. The number of hydrogen-bond donors (Lipinski definition) is 2. The van der Waals surface area contributed by atoms with E-state index >= 15 is 0 Å². The van der Waals surface area contributed by atoms with Crippen LogP contribution in [0.5, 0.6) is 0 Å². The van der Waals surface area contributed by atoms with Gasteiger partial charge in [-0.3, -0.25) is 0 Å². The van der Waals surface area contributed by atoms with Gasteiger partial charge >= 0.3 is 0 Å². The number of hydrogen-bond acceptors (Lipinski definition) is 3. The Bertz CT molecular complexity index is 91.6. The predicted molar refractivity (Wildman–Crippen MR) is 42.7 cm³/mol. The SMILES string of the molecule is CC(N)COC(C)(C)CN. The van der Waals surface area contributed by atoms with Crippen molar-refractivity contribution in [2.75, 3.05) is 13.2 Å². The van der Waals surface area contributed by atoms with Gasteiger partial charge in [0.1, 0.15) is 0 Å². The maximum absolute atomic E-state index is 5.49. The zero-order valence-electron chi connectivity index (χ0n) is 7.05. The Labute approximate surface area is 62.7 Å². The van der Waals surface area contributed by atoms with Crippen molar-refractivity contribution in [2.45, 2.75) is 32.4 Å². The molecule has 0 amide bonds. The van der Waals surface area contributed by atoms with Gasteiger partial charge < -0.3 is 16.2 Å². The molecule has 0 aliphatic rings. The quantitative estimate of drug-likeness (QED) is 0.591. The fourth-order valence-corrected chi connectivity index (χ4v) is 0.416. The van der Waals surface area contributed by atoms with E-state index in [0.717, 1.165) is 0 Å². The Balaban J connectivity index is 3.46. The Morgan fingerprint density at radius 2 is 2.00 bits per heavy atom. The van der Waals surface area contributed by atoms with Crippen LogP contribution in [-0.2, 0) is 4.74 Å². The van der Waals surface area contributed by atoms with Gasteiger partial charge in [0, 0.05) is 12.6 Å². The van der Waals surface area contributed by atoms with Crippen molar-refractivity contribution < 1.29 is 4.74 Å². The van der Waals surface area contributed by atoms with Crippen LogP contribution in [0.25, 0.3) is 0 Å². The van der Waals surface area contributed by atoms with Crippen LogP contribution in [0.15, 0.2) is 0 Å². The molecule has 0 saturated heterocycles. The Kier molecular flexibility index (Phi) is 3.86. The Morgan fingerprint density at radius 1 is 1.50 bits per heavy atom. The van der Waals surface area contributed by atoms with E-state index in [1.54, 1.807) is 0 Å². The van der Waals surface area contributed by atoms with E-state index in [9.17, 15) is 0 Å². The molecule has 0 fully saturated rings. The van der Waals surface area contributed by atoms with Crippen LogP contribution in [0, 0.1) is 0 Å². The van der Waals surface area contributed by atoms with Crippen LogP contribution in [0.4, 0.5) is 0 Å². The summed E-state index contributed by atoms with van der Waals surface area (Å²) in [6, 6.07) is 0.0887. The smallest absolute Gasteiger partial charge is 0.0748 e. The van der Waals surface area contributed by atoms with Crippen molar-refractivity contribution in [1.29, 1.82) is 0 Å². The number of ether oxygens (including phenoxy) is 1. The van der Waals surface area contributed by atoms with Crippen LogP contribution in [-0.4, -0.2) is 24.8 Å². The van der Waals surface area contributed by atoms with Crippen LogP contribution in [0.2, 0.25) is 0 Å². The van der Waals surface area contributed by atoms with Crippen molar-refractivity contribution in [3.63, 3.8) is 0 Å². The molecule has 0 aliphatic carbocycles. The van der Waals surface area contributed by atoms with Gasteiger partial charge in [-0.15, -0.1) is 0 Å². The largest absolute Gasteiger partial charge is 0.373 e. The Morgan fingerprint density at radius 3 is 2.30 bits per heavy atom. The van der Waals surface area contributed by atoms with Gasteiger partial charge in [0.15, 0.2) is 0 Å². The fourth-order valence-electron chi connectivity index (χ4n) is 0.416. The maximum atomic E-state index is 5.49. The molecule has 0 heterocycles. The summed E-state index contributed by atoms with van der Waals surface area (Å²) >= 11 is 0. The molecule has 0 aromatic rings. The normalized spacial score (nSPS) is 15.3. The van der Waals surface area contributed by atoms with Gasteiger partial charge in [-0.25, -0.2) is 0 Å². The van der Waals surface area contributed by atoms with E-state index in [-0.39, 0.29) is 11.6 Å². The molecule has 0 spiro atoms. The summed E-state index contributed by atoms with van der Waals surface area (Å²) in [5.74, 6) is 0. The van der Waals surface area contributed by atoms with Gasteiger partial charge in [0.25, 0.3) is 0 Å². The first kappa shape index (κ1) is 9.88. The first-order valence-corrected chi connectivity index (χ1v) is 3.57. The maximum Gasteiger partial charge on any atom is 0.0748 e. The molecule has 0 saturated carbocycles. The van der Waals surface area contributed by atoms with Crippen LogP contribution >= 0.6 is 0 Å². The second-order valence-corrected chi connectivity index (χ2v) is 3.25. The minimum absolute atomic E-state index is 0.0887. The third kappa shape index (κ3) is 4.73. The second kappa shape index (κ2) is 3.91. The van der Waals surface area contributed by atoms with E-state index in [2.05, 4.69) is 0 Å². The van der Waals surface area contributed by atoms with Gasteiger partial charge in [-0.05, 0) is 20.8 Å². The lowest BCUT2D eigenvalue weighted by Gasteiger charge is -2.24. The molecular weight excluding hydrogens is 128 g/mol. The molecule has 1 atom stereocenters. The summed E-state index contributed by atoms with van der Waals surface area (Å²) < 4.78 is 5.39. The van der Waals surface area contributed by atoms with Gasteiger partial charge in [-0.1, -0.05) is 0 Å².